The van der Waals surface area contributed by atoms with Crippen molar-refractivity contribution < 1.29 is 19.1 Å². The van der Waals surface area contributed by atoms with Gasteiger partial charge >= 0.3 is 11.9 Å². The van der Waals surface area contributed by atoms with E-state index >= 15 is 0 Å². The summed E-state index contributed by atoms with van der Waals surface area (Å²) in [6.45, 7) is 8.21. The van der Waals surface area contributed by atoms with Crippen LogP contribution in [0.4, 0.5) is 0 Å². The van der Waals surface area contributed by atoms with Gasteiger partial charge in [0, 0.05) is 0 Å². The standard InChI is InChI=1S/C15H24O4/c1-5-18-13(16)15(14(17)19-6-2)9-7-12(8-10-15)11(3)4/h5-10H2,1-4H3. The summed E-state index contributed by atoms with van der Waals surface area (Å²) in [6, 6.07) is 0. The maximum absolute atomic E-state index is 12.2. The van der Waals surface area contributed by atoms with Crippen LogP contribution in [0.5, 0.6) is 0 Å². The van der Waals surface area contributed by atoms with Crippen LogP contribution in [0.3, 0.4) is 0 Å². The Morgan fingerprint density at radius 2 is 1.42 bits per heavy atom. The molecule has 0 N–H and O–H groups in total. The summed E-state index contributed by atoms with van der Waals surface area (Å²) in [5.41, 5.74) is 1.52. The molecule has 0 spiro atoms. The lowest BCUT2D eigenvalue weighted by Gasteiger charge is -2.33. The molecule has 0 radical (unpaired) electrons. The highest BCUT2D eigenvalue weighted by Gasteiger charge is 2.50. The van der Waals surface area contributed by atoms with Gasteiger partial charge in [0.2, 0.25) is 0 Å². The van der Waals surface area contributed by atoms with Crippen molar-refractivity contribution in [2.45, 2.75) is 53.4 Å². The minimum Gasteiger partial charge on any atom is -0.465 e. The Bertz CT molecular complexity index is 348. The van der Waals surface area contributed by atoms with Gasteiger partial charge in [0.1, 0.15) is 0 Å². The van der Waals surface area contributed by atoms with Crippen LogP contribution in [0, 0.1) is 5.41 Å². The van der Waals surface area contributed by atoms with Crippen molar-refractivity contribution in [2.75, 3.05) is 13.2 Å². The second kappa shape index (κ2) is 6.73. The molecule has 1 rings (SSSR count). The van der Waals surface area contributed by atoms with E-state index in [-0.39, 0.29) is 13.2 Å². The van der Waals surface area contributed by atoms with Gasteiger partial charge in [0.25, 0.3) is 0 Å². The lowest BCUT2D eigenvalue weighted by Crippen LogP contribution is -2.44. The Labute approximate surface area is 115 Å². The predicted octanol–water partition coefficient (Wildman–Crippen LogP) is 3.01. The Morgan fingerprint density at radius 3 is 1.74 bits per heavy atom. The van der Waals surface area contributed by atoms with Gasteiger partial charge < -0.3 is 9.47 Å². The molecule has 4 heteroatoms. The van der Waals surface area contributed by atoms with Gasteiger partial charge in [0.05, 0.1) is 13.2 Å². The molecule has 0 aromatic rings. The maximum atomic E-state index is 12.2. The largest absolute Gasteiger partial charge is 0.465 e. The summed E-state index contributed by atoms with van der Waals surface area (Å²) in [6.07, 6.45) is 2.51. The van der Waals surface area contributed by atoms with Crippen molar-refractivity contribution in [1.29, 1.82) is 0 Å². The molecule has 1 aliphatic rings. The summed E-state index contributed by atoms with van der Waals surface area (Å²) < 4.78 is 10.2. The highest BCUT2D eigenvalue weighted by Crippen LogP contribution is 2.41. The molecule has 19 heavy (non-hydrogen) atoms. The fourth-order valence-electron chi connectivity index (χ4n) is 2.51. The molecule has 0 aromatic heterocycles. The van der Waals surface area contributed by atoms with E-state index in [0.29, 0.717) is 12.8 Å². The quantitative estimate of drug-likeness (QED) is 0.447. The number of allylic oxidation sites excluding steroid dienone is 2. The number of hydrogen-bond acceptors (Lipinski definition) is 4. The van der Waals surface area contributed by atoms with Crippen LogP contribution in [0.15, 0.2) is 11.1 Å². The monoisotopic (exact) mass is 268 g/mol. The fraction of sp³-hybridized carbons (Fsp3) is 0.733. The first-order chi connectivity index (χ1) is 8.97. The van der Waals surface area contributed by atoms with Crippen LogP contribution >= 0.6 is 0 Å². The number of carbonyl (C=O) groups excluding carboxylic acids is 2. The van der Waals surface area contributed by atoms with Crippen molar-refractivity contribution in [3.05, 3.63) is 11.1 Å². The van der Waals surface area contributed by atoms with Crippen LogP contribution in [0.25, 0.3) is 0 Å². The summed E-state index contributed by atoms with van der Waals surface area (Å²) in [4.78, 5) is 24.3. The van der Waals surface area contributed by atoms with Crippen molar-refractivity contribution in [1.82, 2.24) is 0 Å². The van der Waals surface area contributed by atoms with Crippen molar-refractivity contribution >= 4 is 11.9 Å². The van der Waals surface area contributed by atoms with E-state index in [1.807, 2.05) is 0 Å². The molecule has 1 saturated carbocycles. The Balaban J connectivity index is 2.93. The van der Waals surface area contributed by atoms with Gasteiger partial charge in [-0.1, -0.05) is 11.1 Å². The Kier molecular flexibility index (Phi) is 5.58. The van der Waals surface area contributed by atoms with E-state index in [4.69, 9.17) is 9.47 Å². The third-order valence-electron chi connectivity index (χ3n) is 3.75. The van der Waals surface area contributed by atoms with Gasteiger partial charge in [-0.05, 0) is 53.4 Å². The topological polar surface area (TPSA) is 52.6 Å². The molecule has 0 unspecified atom stereocenters. The van der Waals surface area contributed by atoms with Crippen molar-refractivity contribution in [3.63, 3.8) is 0 Å². The third-order valence-corrected chi connectivity index (χ3v) is 3.75. The number of carbonyl (C=O) groups is 2. The zero-order chi connectivity index (χ0) is 14.5. The third kappa shape index (κ3) is 3.37. The molecule has 1 fully saturated rings. The molecular formula is C15H24O4. The van der Waals surface area contributed by atoms with Crippen LogP contribution < -0.4 is 0 Å². The number of ether oxygens (including phenoxy) is 2. The van der Waals surface area contributed by atoms with Crippen LogP contribution in [-0.2, 0) is 19.1 Å². The van der Waals surface area contributed by atoms with Crippen LogP contribution in [0.1, 0.15) is 53.4 Å². The molecule has 0 saturated heterocycles. The number of rotatable bonds is 4. The molecule has 0 aliphatic heterocycles. The first kappa shape index (κ1) is 15.7. The van der Waals surface area contributed by atoms with Crippen molar-refractivity contribution in [3.8, 4) is 0 Å². The van der Waals surface area contributed by atoms with Gasteiger partial charge in [-0.2, -0.15) is 0 Å². The molecule has 0 amide bonds. The van der Waals surface area contributed by atoms with E-state index in [1.165, 1.54) is 11.1 Å². The predicted molar refractivity (Wildman–Crippen MR) is 72.5 cm³/mol. The van der Waals surface area contributed by atoms with E-state index in [9.17, 15) is 9.59 Å². The molecule has 108 valence electrons. The average molecular weight is 268 g/mol. The van der Waals surface area contributed by atoms with Crippen LogP contribution in [0.2, 0.25) is 0 Å². The van der Waals surface area contributed by atoms with E-state index in [2.05, 4.69) is 13.8 Å². The summed E-state index contributed by atoms with van der Waals surface area (Å²) in [5, 5.41) is 0. The Hall–Kier alpha value is -1.32. The summed E-state index contributed by atoms with van der Waals surface area (Å²) in [7, 11) is 0. The molecule has 0 atom stereocenters. The lowest BCUT2D eigenvalue weighted by molar-refractivity contribution is -0.174. The van der Waals surface area contributed by atoms with Crippen LogP contribution in [-0.4, -0.2) is 25.2 Å². The molecule has 4 nitrogen and oxygen atoms in total. The van der Waals surface area contributed by atoms with Gasteiger partial charge in [0.15, 0.2) is 5.41 Å². The number of hydrogen-bond donors (Lipinski definition) is 0. The van der Waals surface area contributed by atoms with E-state index in [1.54, 1.807) is 13.8 Å². The molecule has 1 aliphatic carbocycles. The Morgan fingerprint density at radius 1 is 1.00 bits per heavy atom. The van der Waals surface area contributed by atoms with Gasteiger partial charge in [-0.3, -0.25) is 9.59 Å². The van der Waals surface area contributed by atoms with E-state index in [0.717, 1.165) is 12.8 Å². The first-order valence-electron chi connectivity index (χ1n) is 6.97. The maximum Gasteiger partial charge on any atom is 0.323 e. The summed E-state index contributed by atoms with van der Waals surface area (Å²) in [5.74, 6) is -0.859. The summed E-state index contributed by atoms with van der Waals surface area (Å²) >= 11 is 0. The van der Waals surface area contributed by atoms with E-state index < -0.39 is 17.4 Å². The SMILES string of the molecule is CCOC(=O)C1(C(=O)OCC)CCC(=C(C)C)CC1. The second-order valence-electron chi connectivity index (χ2n) is 5.13. The molecule has 0 aromatic carbocycles. The molecular weight excluding hydrogens is 244 g/mol. The highest BCUT2D eigenvalue weighted by molar-refractivity contribution is 6.00. The second-order valence-corrected chi connectivity index (χ2v) is 5.13. The lowest BCUT2D eigenvalue weighted by atomic mass is 9.71. The van der Waals surface area contributed by atoms with Gasteiger partial charge in [-0.25, -0.2) is 0 Å². The fourth-order valence-corrected chi connectivity index (χ4v) is 2.51. The molecule has 0 bridgehead atoms. The van der Waals surface area contributed by atoms with Gasteiger partial charge in [-0.15, -0.1) is 0 Å². The number of esters is 2. The van der Waals surface area contributed by atoms with Crippen molar-refractivity contribution in [2.24, 2.45) is 5.41 Å². The minimum atomic E-state index is -1.09. The zero-order valence-electron chi connectivity index (χ0n) is 12.4. The highest BCUT2D eigenvalue weighted by atomic mass is 16.6. The normalized spacial score (nSPS) is 17.8. The minimum absolute atomic E-state index is 0.287. The smallest absolute Gasteiger partial charge is 0.323 e. The molecule has 0 heterocycles. The zero-order valence-corrected chi connectivity index (χ0v) is 12.4. The average Bonchev–Trinajstić information content (AvgIpc) is 2.39. The first-order valence-corrected chi connectivity index (χ1v) is 6.97.